The van der Waals surface area contributed by atoms with Crippen LogP contribution in [0.2, 0.25) is 0 Å². The van der Waals surface area contributed by atoms with Gasteiger partial charge in [-0.15, -0.1) is 0 Å². The van der Waals surface area contributed by atoms with Gasteiger partial charge in [-0.3, -0.25) is 9.59 Å². The van der Waals surface area contributed by atoms with E-state index in [4.69, 9.17) is 4.74 Å². The van der Waals surface area contributed by atoms with Crippen LogP contribution in [-0.2, 0) is 32.0 Å². The molecule has 0 aromatic heterocycles. The summed E-state index contributed by atoms with van der Waals surface area (Å²) in [7, 11) is 1.24. The maximum atomic E-state index is 14.0. The van der Waals surface area contributed by atoms with Gasteiger partial charge in [0, 0.05) is 23.3 Å². The molecule has 0 aliphatic rings. The highest BCUT2D eigenvalue weighted by Crippen LogP contribution is 2.12. The molecule has 0 saturated heterocycles. The third-order valence-electron chi connectivity index (χ3n) is 4.21. The molecule has 0 radical (unpaired) electrons. The summed E-state index contributed by atoms with van der Waals surface area (Å²) in [6, 6.07) is 11.5. The van der Waals surface area contributed by atoms with Crippen molar-refractivity contribution < 1.29 is 23.5 Å². The maximum Gasteiger partial charge on any atom is 0.328 e. The molecular formula is C21H22FIN2O4. The molecule has 0 saturated carbocycles. The van der Waals surface area contributed by atoms with Crippen molar-refractivity contribution >= 4 is 40.4 Å². The molecule has 154 valence electrons. The van der Waals surface area contributed by atoms with Gasteiger partial charge in [-0.25, -0.2) is 9.18 Å². The number of halogens is 2. The minimum absolute atomic E-state index is 0.0464. The van der Waals surface area contributed by atoms with E-state index >= 15 is 0 Å². The second-order valence-electron chi connectivity index (χ2n) is 6.47. The Morgan fingerprint density at radius 1 is 1.03 bits per heavy atom. The van der Waals surface area contributed by atoms with E-state index < -0.39 is 35.7 Å². The van der Waals surface area contributed by atoms with Crippen molar-refractivity contribution in [3.05, 3.63) is 69.0 Å². The van der Waals surface area contributed by atoms with Crippen LogP contribution in [0.3, 0.4) is 0 Å². The first kappa shape index (κ1) is 22.8. The smallest absolute Gasteiger partial charge is 0.328 e. The van der Waals surface area contributed by atoms with Crippen molar-refractivity contribution in [3.63, 3.8) is 0 Å². The van der Waals surface area contributed by atoms with Crippen molar-refractivity contribution in [3.8, 4) is 0 Å². The minimum Gasteiger partial charge on any atom is -0.467 e. The van der Waals surface area contributed by atoms with E-state index in [1.807, 2.05) is 24.3 Å². The van der Waals surface area contributed by atoms with E-state index in [2.05, 4.69) is 33.2 Å². The fourth-order valence-electron chi connectivity index (χ4n) is 2.85. The summed E-state index contributed by atoms with van der Waals surface area (Å²) < 4.78 is 19.8. The maximum absolute atomic E-state index is 14.0. The molecular weight excluding hydrogens is 490 g/mol. The van der Waals surface area contributed by atoms with E-state index in [0.29, 0.717) is 0 Å². The molecule has 29 heavy (non-hydrogen) atoms. The summed E-state index contributed by atoms with van der Waals surface area (Å²) in [5.41, 5.74) is 1.13. The fraction of sp³-hybridized carbons (Fsp3) is 0.286. The quantitative estimate of drug-likeness (QED) is 0.421. The van der Waals surface area contributed by atoms with Gasteiger partial charge in [0.05, 0.1) is 7.11 Å². The highest BCUT2D eigenvalue weighted by molar-refractivity contribution is 14.1. The van der Waals surface area contributed by atoms with Crippen LogP contribution in [0.4, 0.5) is 4.39 Å². The molecule has 8 heteroatoms. The highest BCUT2D eigenvalue weighted by Gasteiger charge is 2.27. The number of methoxy groups -OCH3 is 1. The lowest BCUT2D eigenvalue weighted by Gasteiger charge is -2.22. The zero-order valence-electron chi connectivity index (χ0n) is 16.1. The number of rotatable bonds is 8. The van der Waals surface area contributed by atoms with E-state index in [9.17, 15) is 18.8 Å². The summed E-state index contributed by atoms with van der Waals surface area (Å²) in [5.74, 6) is -2.11. The number of ether oxygens (including phenoxy) is 1. The summed E-state index contributed by atoms with van der Waals surface area (Å²) in [4.78, 5) is 36.6. The predicted octanol–water partition coefficient (Wildman–Crippen LogP) is 2.38. The highest BCUT2D eigenvalue weighted by atomic mass is 127. The monoisotopic (exact) mass is 512 g/mol. The van der Waals surface area contributed by atoms with Crippen LogP contribution in [0.1, 0.15) is 18.1 Å². The van der Waals surface area contributed by atoms with E-state index in [0.717, 1.165) is 9.13 Å². The first-order valence-electron chi connectivity index (χ1n) is 8.93. The molecule has 2 amide bonds. The minimum atomic E-state index is -1.03. The lowest BCUT2D eigenvalue weighted by Crippen LogP contribution is -2.53. The van der Waals surface area contributed by atoms with Gasteiger partial charge in [-0.05, 0) is 51.9 Å². The van der Waals surface area contributed by atoms with Gasteiger partial charge in [-0.1, -0.05) is 30.3 Å². The molecule has 0 fully saturated rings. The van der Waals surface area contributed by atoms with Crippen molar-refractivity contribution in [2.24, 2.45) is 0 Å². The summed E-state index contributed by atoms with van der Waals surface area (Å²) in [5, 5.41) is 5.15. The third-order valence-corrected chi connectivity index (χ3v) is 4.88. The van der Waals surface area contributed by atoms with Gasteiger partial charge in [0.2, 0.25) is 11.8 Å². The average molecular weight is 512 g/mol. The van der Waals surface area contributed by atoms with Crippen LogP contribution in [0.25, 0.3) is 0 Å². The van der Waals surface area contributed by atoms with Gasteiger partial charge < -0.3 is 15.4 Å². The number of carbonyl (C=O) groups excluding carboxylic acids is 3. The largest absolute Gasteiger partial charge is 0.467 e. The van der Waals surface area contributed by atoms with Gasteiger partial charge in [0.15, 0.2) is 0 Å². The van der Waals surface area contributed by atoms with Crippen LogP contribution < -0.4 is 10.6 Å². The van der Waals surface area contributed by atoms with Gasteiger partial charge in [-0.2, -0.15) is 0 Å². The standard InChI is InChI=1S/C21H22FIN2O4/c1-13(26)24-18(12-15-7-3-4-9-17(15)22)20(27)25-19(21(28)29-2)11-14-6-5-8-16(23)10-14/h3-10,18-19H,11-12H2,1-2H3,(H,24,26)(H,25,27)/t18-,19-/m1/s1. The number of hydrogen-bond acceptors (Lipinski definition) is 4. The van der Waals surface area contributed by atoms with Crippen LogP contribution in [-0.4, -0.2) is 37.0 Å². The molecule has 2 aromatic carbocycles. The van der Waals surface area contributed by atoms with E-state index in [1.54, 1.807) is 18.2 Å². The lowest BCUT2D eigenvalue weighted by molar-refractivity contribution is -0.145. The second-order valence-corrected chi connectivity index (χ2v) is 7.71. The van der Waals surface area contributed by atoms with E-state index in [-0.39, 0.29) is 18.4 Å². The zero-order valence-corrected chi connectivity index (χ0v) is 18.2. The fourth-order valence-corrected chi connectivity index (χ4v) is 3.45. The Balaban J connectivity index is 2.19. The number of hydrogen-bond donors (Lipinski definition) is 2. The van der Waals surface area contributed by atoms with E-state index in [1.165, 1.54) is 20.1 Å². The first-order valence-corrected chi connectivity index (χ1v) is 10.0. The van der Waals surface area contributed by atoms with Crippen LogP contribution in [0.15, 0.2) is 48.5 Å². The molecule has 0 aliphatic carbocycles. The summed E-state index contributed by atoms with van der Waals surface area (Å²) in [6.45, 7) is 1.27. The molecule has 6 nitrogen and oxygen atoms in total. The third kappa shape index (κ3) is 7.12. The molecule has 2 N–H and O–H groups in total. The average Bonchev–Trinajstić information content (AvgIpc) is 2.67. The molecule has 2 atom stereocenters. The van der Waals surface area contributed by atoms with Crippen LogP contribution in [0.5, 0.6) is 0 Å². The van der Waals surface area contributed by atoms with Crippen molar-refractivity contribution in [1.29, 1.82) is 0 Å². The second kappa shape index (κ2) is 10.9. The zero-order chi connectivity index (χ0) is 21.4. The predicted molar refractivity (Wildman–Crippen MR) is 115 cm³/mol. The Bertz CT molecular complexity index is 890. The Labute approximate surface area is 182 Å². The molecule has 0 aliphatic heterocycles. The Hall–Kier alpha value is -2.49. The van der Waals surface area contributed by atoms with Crippen molar-refractivity contribution in [2.45, 2.75) is 31.8 Å². The molecule has 0 spiro atoms. The topological polar surface area (TPSA) is 84.5 Å². The molecule has 0 bridgehead atoms. The molecule has 0 heterocycles. The SMILES string of the molecule is COC(=O)[C@@H](Cc1cccc(I)c1)NC(=O)[C@@H](Cc1ccccc1F)NC(C)=O. The Morgan fingerprint density at radius 2 is 1.76 bits per heavy atom. The Morgan fingerprint density at radius 3 is 2.38 bits per heavy atom. The van der Waals surface area contributed by atoms with Crippen molar-refractivity contribution in [2.75, 3.05) is 7.11 Å². The number of nitrogens with one attached hydrogen (secondary N) is 2. The van der Waals surface area contributed by atoms with Crippen molar-refractivity contribution in [1.82, 2.24) is 10.6 Å². The lowest BCUT2D eigenvalue weighted by atomic mass is 10.0. The molecule has 2 aromatic rings. The summed E-state index contributed by atoms with van der Waals surface area (Å²) in [6.07, 6.45) is 0.178. The molecule has 0 unspecified atom stereocenters. The van der Waals surface area contributed by atoms with Gasteiger partial charge in [0.25, 0.3) is 0 Å². The number of carbonyl (C=O) groups is 3. The number of benzene rings is 2. The van der Waals surface area contributed by atoms with Gasteiger partial charge in [0.1, 0.15) is 17.9 Å². The van der Waals surface area contributed by atoms with Gasteiger partial charge >= 0.3 is 5.97 Å². The van der Waals surface area contributed by atoms with Crippen LogP contribution in [0, 0.1) is 9.39 Å². The normalized spacial score (nSPS) is 12.6. The number of esters is 1. The number of amides is 2. The van der Waals surface area contributed by atoms with Crippen LogP contribution >= 0.6 is 22.6 Å². The Kier molecular flexibility index (Phi) is 8.56. The first-order chi connectivity index (χ1) is 13.8. The summed E-state index contributed by atoms with van der Waals surface area (Å²) >= 11 is 2.16. The molecule has 2 rings (SSSR count).